The number of phenols is 1. The van der Waals surface area contributed by atoms with E-state index in [1.54, 1.807) is 12.1 Å². The molecule has 148 valence electrons. The zero-order valence-electron chi connectivity index (χ0n) is 16.3. The second-order valence-corrected chi connectivity index (χ2v) is 8.67. The zero-order valence-corrected chi connectivity index (χ0v) is 16.3. The number of nitrogens with zero attached hydrogens (tertiary/aromatic N) is 1. The van der Waals surface area contributed by atoms with E-state index < -0.39 is 17.1 Å². The fraction of sp³-hybridized carbons (Fsp3) is 0.375. The highest BCUT2D eigenvalue weighted by Crippen LogP contribution is 2.64. The van der Waals surface area contributed by atoms with Gasteiger partial charge < -0.3 is 14.6 Å². The third-order valence-corrected chi connectivity index (χ3v) is 7.42. The van der Waals surface area contributed by atoms with E-state index >= 15 is 0 Å². The first-order chi connectivity index (χ1) is 14.1. The fourth-order valence-electron chi connectivity index (χ4n) is 6.15. The lowest BCUT2D eigenvalue weighted by molar-refractivity contribution is -0.178. The molecule has 0 saturated carbocycles. The van der Waals surface area contributed by atoms with Crippen LogP contribution in [-0.2, 0) is 28.0 Å². The number of ether oxygens (including phenoxy) is 2. The van der Waals surface area contributed by atoms with Crippen LogP contribution in [0.4, 0.5) is 0 Å². The summed E-state index contributed by atoms with van der Waals surface area (Å²) in [5.41, 5.74) is 1.95. The molecule has 4 aliphatic rings. The zero-order chi connectivity index (χ0) is 19.8. The molecule has 1 spiro atoms. The summed E-state index contributed by atoms with van der Waals surface area (Å²) in [6.07, 6.45) is 4.51. The third kappa shape index (κ3) is 1.99. The minimum atomic E-state index is -0.680. The van der Waals surface area contributed by atoms with Gasteiger partial charge >= 0.3 is 0 Å². The lowest BCUT2D eigenvalue weighted by Gasteiger charge is -2.62. The van der Waals surface area contributed by atoms with E-state index in [0.717, 1.165) is 36.1 Å². The van der Waals surface area contributed by atoms with Crippen LogP contribution >= 0.6 is 0 Å². The normalized spacial score (nSPS) is 34.0. The Hall–Kier alpha value is -2.63. The van der Waals surface area contributed by atoms with Gasteiger partial charge in [-0.05, 0) is 55.8 Å². The van der Waals surface area contributed by atoms with E-state index in [0.29, 0.717) is 12.4 Å². The Balaban J connectivity index is 1.58. The van der Waals surface area contributed by atoms with Crippen molar-refractivity contribution in [2.45, 2.75) is 42.6 Å². The average molecular weight is 389 g/mol. The number of phenolic OH excluding ortho intramolecular Hbond substituents is 1. The van der Waals surface area contributed by atoms with Crippen molar-refractivity contribution in [1.29, 1.82) is 0 Å². The van der Waals surface area contributed by atoms with E-state index in [1.807, 2.05) is 30.3 Å². The highest BCUT2D eigenvalue weighted by Gasteiger charge is 2.72. The van der Waals surface area contributed by atoms with Gasteiger partial charge in [-0.15, -0.1) is 0 Å². The summed E-state index contributed by atoms with van der Waals surface area (Å²) in [4.78, 5) is 15.3. The molecule has 4 atom stereocenters. The Labute approximate surface area is 169 Å². The van der Waals surface area contributed by atoms with Crippen LogP contribution in [0.15, 0.2) is 54.6 Å². The largest absolute Gasteiger partial charge is 0.504 e. The molecule has 0 radical (unpaired) electrons. The minimum absolute atomic E-state index is 0.0457. The Morgan fingerprint density at radius 3 is 2.90 bits per heavy atom. The molecule has 0 amide bonds. The van der Waals surface area contributed by atoms with Crippen molar-refractivity contribution in [3.8, 4) is 11.5 Å². The lowest BCUT2D eigenvalue weighted by Crippen LogP contribution is -2.75. The first-order valence-electron chi connectivity index (χ1n) is 10.2. The van der Waals surface area contributed by atoms with Gasteiger partial charge in [-0.3, -0.25) is 9.69 Å². The van der Waals surface area contributed by atoms with Gasteiger partial charge in [0.2, 0.25) is 0 Å². The number of carbonyl (C=O) groups excluding carboxylic acids is 1. The molecule has 2 heterocycles. The summed E-state index contributed by atoms with van der Waals surface area (Å²) in [5.74, 6) is 0.533. The number of benzene rings is 2. The Morgan fingerprint density at radius 1 is 1.24 bits per heavy atom. The molecule has 2 aliphatic heterocycles. The van der Waals surface area contributed by atoms with Gasteiger partial charge in [0.25, 0.3) is 0 Å². The summed E-state index contributed by atoms with van der Waals surface area (Å²) < 4.78 is 13.0. The number of ketones is 1. The van der Waals surface area contributed by atoms with E-state index in [2.05, 4.69) is 24.1 Å². The van der Waals surface area contributed by atoms with Crippen molar-refractivity contribution in [1.82, 2.24) is 4.90 Å². The maximum atomic E-state index is 13.0. The van der Waals surface area contributed by atoms with Gasteiger partial charge in [0.1, 0.15) is 5.60 Å². The molecule has 5 nitrogen and oxygen atoms in total. The molecule has 2 bridgehead atoms. The van der Waals surface area contributed by atoms with E-state index in [1.165, 1.54) is 0 Å². The van der Waals surface area contributed by atoms with E-state index in [9.17, 15) is 9.90 Å². The highest BCUT2D eigenvalue weighted by atomic mass is 16.5. The molecule has 29 heavy (non-hydrogen) atoms. The molecule has 2 aromatic carbocycles. The molecular weight excluding hydrogens is 366 g/mol. The van der Waals surface area contributed by atoms with Crippen LogP contribution in [0.25, 0.3) is 0 Å². The second-order valence-electron chi connectivity index (χ2n) is 8.67. The van der Waals surface area contributed by atoms with Crippen LogP contribution in [0.1, 0.15) is 23.1 Å². The van der Waals surface area contributed by atoms with E-state index in [4.69, 9.17) is 9.47 Å². The molecule has 0 unspecified atom stereocenters. The van der Waals surface area contributed by atoms with Crippen LogP contribution in [0, 0.1) is 0 Å². The molecule has 1 fully saturated rings. The predicted octanol–water partition coefficient (Wildman–Crippen LogP) is 2.75. The third-order valence-electron chi connectivity index (χ3n) is 7.42. The van der Waals surface area contributed by atoms with Crippen molar-refractivity contribution in [3.63, 3.8) is 0 Å². The van der Waals surface area contributed by atoms with Crippen LogP contribution in [-0.4, -0.2) is 47.1 Å². The second kappa shape index (κ2) is 5.71. The summed E-state index contributed by atoms with van der Waals surface area (Å²) in [5, 5.41) is 10.5. The molecule has 1 N–H and O–H groups in total. The van der Waals surface area contributed by atoms with Gasteiger partial charge in [-0.2, -0.15) is 0 Å². The number of carbonyl (C=O) groups is 1. The smallest absolute Gasteiger partial charge is 0.196 e. The van der Waals surface area contributed by atoms with Crippen molar-refractivity contribution in [2.24, 2.45) is 0 Å². The first-order valence-corrected chi connectivity index (χ1v) is 10.2. The number of hydrogen-bond acceptors (Lipinski definition) is 5. The number of rotatable bonds is 3. The number of likely N-dealkylation sites (N-methyl/N-ethyl adjacent to an activating group) is 1. The van der Waals surface area contributed by atoms with Gasteiger partial charge in [0.05, 0.1) is 12.0 Å². The predicted molar refractivity (Wildman–Crippen MR) is 107 cm³/mol. The lowest BCUT2D eigenvalue weighted by atomic mass is 9.50. The number of likely N-dealkylation sites (tertiary alicyclic amines) is 1. The maximum absolute atomic E-state index is 13.0. The topological polar surface area (TPSA) is 59.0 Å². The quantitative estimate of drug-likeness (QED) is 0.875. The summed E-state index contributed by atoms with van der Waals surface area (Å²) in [6.45, 7) is 1.32. The van der Waals surface area contributed by atoms with Crippen molar-refractivity contribution in [3.05, 3.63) is 71.3 Å². The highest BCUT2D eigenvalue weighted by molar-refractivity contribution is 5.99. The Bertz CT molecular complexity index is 1050. The molecule has 2 aromatic rings. The van der Waals surface area contributed by atoms with Gasteiger partial charge in [0, 0.05) is 11.6 Å². The van der Waals surface area contributed by atoms with Crippen LogP contribution in [0.2, 0.25) is 0 Å². The summed E-state index contributed by atoms with van der Waals surface area (Å²) >= 11 is 0. The number of aromatic hydroxyl groups is 1. The monoisotopic (exact) mass is 389 g/mol. The molecular formula is C24H23NO4. The standard InChI is InChI=1S/C24H23NO4/c1-25-12-11-23-20-16-7-8-17(26)21(20)29-22(23)18(27)9-10-24(23,19(25)13-16)28-14-15-5-3-2-4-6-15/h2-10,19,22,26H,11-14H2,1H3/t19-,22+,23+,24-/m1/s1. The summed E-state index contributed by atoms with van der Waals surface area (Å²) in [7, 11) is 2.13. The first kappa shape index (κ1) is 17.2. The molecule has 5 heteroatoms. The van der Waals surface area contributed by atoms with E-state index in [-0.39, 0.29) is 17.6 Å². The van der Waals surface area contributed by atoms with Gasteiger partial charge in [0.15, 0.2) is 23.4 Å². The Morgan fingerprint density at radius 2 is 2.07 bits per heavy atom. The van der Waals surface area contributed by atoms with Crippen LogP contribution in [0.5, 0.6) is 11.5 Å². The maximum Gasteiger partial charge on any atom is 0.196 e. The minimum Gasteiger partial charge on any atom is -0.504 e. The molecule has 6 rings (SSSR count). The van der Waals surface area contributed by atoms with Crippen LogP contribution < -0.4 is 4.74 Å². The number of hydrogen-bond donors (Lipinski definition) is 1. The van der Waals surface area contributed by atoms with Gasteiger partial charge in [-0.25, -0.2) is 0 Å². The SMILES string of the molecule is CN1CC[C@]23c4c5ccc(O)c4O[C@H]2C(=O)C=C[C@@]3(OCc2ccccc2)[C@H]1C5. The fourth-order valence-corrected chi connectivity index (χ4v) is 6.15. The molecule has 1 saturated heterocycles. The van der Waals surface area contributed by atoms with Gasteiger partial charge in [-0.1, -0.05) is 36.4 Å². The molecule has 2 aliphatic carbocycles. The van der Waals surface area contributed by atoms with Crippen LogP contribution in [0.3, 0.4) is 0 Å². The van der Waals surface area contributed by atoms with Crippen molar-refractivity contribution in [2.75, 3.05) is 13.6 Å². The number of piperidine rings is 1. The van der Waals surface area contributed by atoms with Crippen molar-refractivity contribution >= 4 is 5.78 Å². The summed E-state index contributed by atoms with van der Waals surface area (Å²) in [6, 6.07) is 13.9. The Kier molecular flexibility index (Phi) is 3.40. The van der Waals surface area contributed by atoms with Crippen molar-refractivity contribution < 1.29 is 19.4 Å². The molecule has 0 aromatic heterocycles. The average Bonchev–Trinajstić information content (AvgIpc) is 3.10.